The van der Waals surface area contributed by atoms with Gasteiger partial charge in [0.1, 0.15) is 0 Å². The zero-order valence-corrected chi connectivity index (χ0v) is 15.1. The third-order valence-corrected chi connectivity index (χ3v) is 4.06. The second-order valence-corrected chi connectivity index (χ2v) is 6.50. The van der Waals surface area contributed by atoms with Crippen molar-refractivity contribution in [2.45, 2.75) is 12.8 Å². The monoisotopic (exact) mass is 379 g/mol. The van der Waals surface area contributed by atoms with Crippen molar-refractivity contribution in [2.24, 2.45) is 10.7 Å². The lowest BCUT2D eigenvalue weighted by molar-refractivity contribution is 0.297. The molecule has 5 nitrogen and oxygen atoms in total. The Hall–Kier alpha value is -2.11. The van der Waals surface area contributed by atoms with E-state index in [9.17, 15) is 0 Å². The summed E-state index contributed by atoms with van der Waals surface area (Å²) in [6.45, 7) is 1.83. The summed E-state index contributed by atoms with van der Waals surface area (Å²) in [6.07, 6.45) is 1.57. The molecule has 0 spiro atoms. The first-order valence-electron chi connectivity index (χ1n) is 8.02. The summed E-state index contributed by atoms with van der Waals surface area (Å²) in [5, 5.41) is 4.29. The molecule has 2 aromatic rings. The van der Waals surface area contributed by atoms with E-state index in [1.165, 1.54) is 0 Å². The highest BCUT2D eigenvalue weighted by Crippen LogP contribution is 2.32. The zero-order valence-electron chi connectivity index (χ0n) is 13.6. The number of ether oxygens (including phenoxy) is 2. The molecule has 3 rings (SSSR count). The van der Waals surface area contributed by atoms with Gasteiger partial charge in [0, 0.05) is 34.8 Å². The van der Waals surface area contributed by atoms with Crippen LogP contribution >= 0.6 is 23.2 Å². The molecular weight excluding hydrogens is 361 g/mol. The Morgan fingerprint density at radius 2 is 1.76 bits per heavy atom. The van der Waals surface area contributed by atoms with Crippen molar-refractivity contribution in [3.8, 4) is 11.5 Å². The maximum atomic E-state index is 5.99. The van der Waals surface area contributed by atoms with E-state index < -0.39 is 0 Å². The van der Waals surface area contributed by atoms with Crippen molar-refractivity contribution in [3.63, 3.8) is 0 Å². The maximum absolute atomic E-state index is 5.99. The summed E-state index contributed by atoms with van der Waals surface area (Å²) < 4.78 is 11.3. The van der Waals surface area contributed by atoms with E-state index >= 15 is 0 Å². The van der Waals surface area contributed by atoms with Crippen LogP contribution in [0.15, 0.2) is 41.4 Å². The van der Waals surface area contributed by atoms with Crippen molar-refractivity contribution in [1.82, 2.24) is 0 Å². The molecule has 1 aliphatic heterocycles. The standard InChI is InChI=1S/C18H19Cl2N3O2/c19-13-8-12(9-14(20)10-13)4-5-22-18(21)23-15-2-3-16-17(11-15)25-7-1-6-24-16/h2-3,8-11H,1,4-7H2,(H3,21,22,23). The molecule has 0 saturated carbocycles. The minimum Gasteiger partial charge on any atom is -0.490 e. The van der Waals surface area contributed by atoms with E-state index in [-0.39, 0.29) is 0 Å². The molecule has 1 heterocycles. The topological polar surface area (TPSA) is 68.9 Å². The Morgan fingerprint density at radius 3 is 2.52 bits per heavy atom. The minimum absolute atomic E-state index is 0.336. The number of nitrogens with zero attached hydrogens (tertiary/aromatic N) is 1. The van der Waals surface area contributed by atoms with Crippen LogP contribution in [0.5, 0.6) is 11.5 Å². The fraction of sp³-hybridized carbons (Fsp3) is 0.278. The van der Waals surface area contributed by atoms with Gasteiger partial charge in [-0.25, -0.2) is 0 Å². The van der Waals surface area contributed by atoms with Crippen LogP contribution in [0.3, 0.4) is 0 Å². The van der Waals surface area contributed by atoms with E-state index in [0.29, 0.717) is 47.9 Å². The van der Waals surface area contributed by atoms with Crippen LogP contribution in [0.1, 0.15) is 12.0 Å². The number of benzene rings is 2. The smallest absolute Gasteiger partial charge is 0.193 e. The van der Waals surface area contributed by atoms with E-state index in [2.05, 4.69) is 10.3 Å². The number of hydrogen-bond acceptors (Lipinski definition) is 3. The minimum atomic E-state index is 0.336. The molecule has 0 aromatic heterocycles. The Bertz CT molecular complexity index is 761. The second kappa shape index (κ2) is 8.32. The molecule has 0 unspecified atom stereocenters. The lowest BCUT2D eigenvalue weighted by Crippen LogP contribution is -2.23. The van der Waals surface area contributed by atoms with Crippen LogP contribution in [0, 0.1) is 0 Å². The van der Waals surface area contributed by atoms with Crippen LogP contribution in [-0.4, -0.2) is 25.7 Å². The summed E-state index contributed by atoms with van der Waals surface area (Å²) in [5.74, 6) is 1.79. The Balaban J connectivity index is 1.59. The summed E-state index contributed by atoms with van der Waals surface area (Å²) in [7, 11) is 0. The SMILES string of the molecule is NC(=NCCc1cc(Cl)cc(Cl)c1)Nc1ccc2c(c1)OCCCO2. The Morgan fingerprint density at radius 1 is 1.04 bits per heavy atom. The summed E-state index contributed by atoms with van der Waals surface area (Å²) in [6, 6.07) is 11.1. The third kappa shape index (κ3) is 5.18. The molecule has 2 aromatic carbocycles. The summed E-state index contributed by atoms with van der Waals surface area (Å²) >= 11 is 12.0. The number of hydrogen-bond donors (Lipinski definition) is 2. The maximum Gasteiger partial charge on any atom is 0.193 e. The highest BCUT2D eigenvalue weighted by Gasteiger charge is 2.10. The molecule has 0 bridgehead atoms. The van der Waals surface area contributed by atoms with Crippen LogP contribution in [0.2, 0.25) is 10.0 Å². The van der Waals surface area contributed by atoms with Gasteiger partial charge in [0.05, 0.1) is 13.2 Å². The number of halogens is 2. The zero-order chi connectivity index (χ0) is 17.6. The van der Waals surface area contributed by atoms with Gasteiger partial charge in [-0.1, -0.05) is 23.2 Å². The van der Waals surface area contributed by atoms with Gasteiger partial charge in [-0.2, -0.15) is 0 Å². The van der Waals surface area contributed by atoms with Crippen LogP contribution in [0.25, 0.3) is 0 Å². The van der Waals surface area contributed by atoms with E-state index in [0.717, 1.165) is 23.4 Å². The van der Waals surface area contributed by atoms with Gasteiger partial charge in [0.15, 0.2) is 17.5 Å². The highest BCUT2D eigenvalue weighted by atomic mass is 35.5. The molecule has 3 N–H and O–H groups in total. The second-order valence-electron chi connectivity index (χ2n) is 5.63. The van der Waals surface area contributed by atoms with Crippen molar-refractivity contribution in [3.05, 3.63) is 52.0 Å². The molecule has 0 saturated heterocycles. The van der Waals surface area contributed by atoms with Crippen molar-refractivity contribution in [1.29, 1.82) is 0 Å². The molecule has 0 aliphatic carbocycles. The third-order valence-electron chi connectivity index (χ3n) is 3.62. The van der Waals surface area contributed by atoms with Crippen molar-refractivity contribution >= 4 is 34.8 Å². The molecular formula is C18H19Cl2N3O2. The van der Waals surface area contributed by atoms with Crippen LogP contribution < -0.4 is 20.5 Å². The molecule has 0 radical (unpaired) electrons. The number of nitrogens with one attached hydrogen (secondary N) is 1. The van der Waals surface area contributed by atoms with E-state index in [4.69, 9.17) is 38.4 Å². The predicted molar refractivity (Wildman–Crippen MR) is 102 cm³/mol. The van der Waals surface area contributed by atoms with Crippen LogP contribution in [-0.2, 0) is 6.42 Å². The molecule has 0 atom stereocenters. The number of nitrogens with two attached hydrogens (primary N) is 1. The van der Waals surface area contributed by atoms with Gasteiger partial charge in [0.2, 0.25) is 0 Å². The average Bonchev–Trinajstić information content (AvgIpc) is 2.79. The first-order valence-corrected chi connectivity index (χ1v) is 8.77. The van der Waals surface area contributed by atoms with Crippen molar-refractivity contribution in [2.75, 3.05) is 25.1 Å². The van der Waals surface area contributed by atoms with Gasteiger partial charge in [-0.3, -0.25) is 4.99 Å². The Kier molecular flexibility index (Phi) is 5.89. The van der Waals surface area contributed by atoms with Gasteiger partial charge in [-0.05, 0) is 42.3 Å². The highest BCUT2D eigenvalue weighted by molar-refractivity contribution is 6.34. The number of rotatable bonds is 4. The summed E-state index contributed by atoms with van der Waals surface area (Å²) in [4.78, 5) is 4.33. The fourth-order valence-corrected chi connectivity index (χ4v) is 3.06. The molecule has 1 aliphatic rings. The first kappa shape index (κ1) is 17.7. The van der Waals surface area contributed by atoms with Gasteiger partial charge < -0.3 is 20.5 Å². The molecule has 0 fully saturated rings. The Labute approximate surface area is 156 Å². The fourth-order valence-electron chi connectivity index (χ4n) is 2.49. The van der Waals surface area contributed by atoms with Crippen LogP contribution in [0.4, 0.5) is 5.69 Å². The van der Waals surface area contributed by atoms with Gasteiger partial charge in [0.25, 0.3) is 0 Å². The molecule has 0 amide bonds. The van der Waals surface area contributed by atoms with E-state index in [1.807, 2.05) is 30.3 Å². The largest absolute Gasteiger partial charge is 0.490 e. The molecule has 25 heavy (non-hydrogen) atoms. The first-order chi connectivity index (χ1) is 12.1. The normalized spacial score (nSPS) is 14.1. The molecule has 132 valence electrons. The quantitative estimate of drug-likeness (QED) is 0.618. The predicted octanol–water partition coefficient (Wildman–Crippen LogP) is 4.12. The average molecular weight is 380 g/mol. The lowest BCUT2D eigenvalue weighted by Gasteiger charge is -2.10. The van der Waals surface area contributed by atoms with Gasteiger partial charge >= 0.3 is 0 Å². The lowest BCUT2D eigenvalue weighted by atomic mass is 10.1. The molecule has 7 heteroatoms. The van der Waals surface area contributed by atoms with Crippen molar-refractivity contribution < 1.29 is 9.47 Å². The number of guanidine groups is 1. The van der Waals surface area contributed by atoms with Gasteiger partial charge in [-0.15, -0.1) is 0 Å². The summed E-state index contributed by atoms with van der Waals surface area (Å²) in [5.41, 5.74) is 7.77. The number of fused-ring (bicyclic) bond motifs is 1. The number of aliphatic imine (C=N–C) groups is 1. The van der Waals surface area contributed by atoms with E-state index in [1.54, 1.807) is 6.07 Å². The number of anilines is 1.